The first-order chi connectivity index (χ1) is 17.1. The molecule has 0 saturated heterocycles. The Morgan fingerprint density at radius 2 is 2.00 bits per heavy atom. The number of hydrogen-bond donors (Lipinski definition) is 2. The van der Waals surface area contributed by atoms with Crippen LogP contribution in [0.3, 0.4) is 0 Å². The molecule has 0 amide bonds. The monoisotopic (exact) mass is 481 g/mol. The number of H-pyrrole nitrogens is 2. The fourth-order valence-electron chi connectivity index (χ4n) is 4.51. The average molecular weight is 482 g/mol. The van der Waals surface area contributed by atoms with Gasteiger partial charge >= 0.3 is 0 Å². The summed E-state index contributed by atoms with van der Waals surface area (Å²) in [6.07, 6.45) is 5.01. The third kappa shape index (κ3) is 2.86. The summed E-state index contributed by atoms with van der Waals surface area (Å²) in [4.78, 5) is 32.0. The molecule has 2 aliphatic rings. The van der Waals surface area contributed by atoms with Gasteiger partial charge in [-0.2, -0.15) is 0 Å². The second kappa shape index (κ2) is 7.28. The number of aromatic nitrogens is 7. The Morgan fingerprint density at radius 1 is 1.09 bits per heavy atom. The molecule has 8 nitrogen and oxygen atoms in total. The second-order valence-electron chi connectivity index (χ2n) is 8.21. The third-order valence-electron chi connectivity index (χ3n) is 6.16. The molecule has 35 heavy (non-hydrogen) atoms. The van der Waals surface area contributed by atoms with Gasteiger partial charge in [0.1, 0.15) is 16.0 Å². The number of imidazole rings is 1. The minimum atomic E-state index is -0.524. The van der Waals surface area contributed by atoms with E-state index in [9.17, 15) is 4.79 Å². The van der Waals surface area contributed by atoms with Gasteiger partial charge in [-0.1, -0.05) is 19.1 Å². The first-order valence-electron chi connectivity index (χ1n) is 11.0. The predicted molar refractivity (Wildman–Crippen MR) is 135 cm³/mol. The van der Waals surface area contributed by atoms with Gasteiger partial charge < -0.3 is 0 Å². The summed E-state index contributed by atoms with van der Waals surface area (Å²) in [6.45, 7) is 1.81. The van der Waals surface area contributed by atoms with E-state index in [2.05, 4.69) is 25.1 Å². The van der Waals surface area contributed by atoms with Crippen LogP contribution in [0.4, 0.5) is 4.39 Å². The summed E-state index contributed by atoms with van der Waals surface area (Å²) in [5.41, 5.74) is 3.72. The zero-order chi connectivity index (χ0) is 23.7. The molecule has 0 atom stereocenters. The topological polar surface area (TPSA) is 105 Å². The normalized spacial score (nSPS) is 11.9. The van der Waals surface area contributed by atoms with Crippen molar-refractivity contribution in [2.45, 2.75) is 13.3 Å². The van der Waals surface area contributed by atoms with E-state index in [-0.39, 0.29) is 11.4 Å². The lowest BCUT2D eigenvalue weighted by Gasteiger charge is -2.06. The number of benzene rings is 1. The van der Waals surface area contributed by atoms with Gasteiger partial charge in [-0.3, -0.25) is 29.5 Å². The van der Waals surface area contributed by atoms with Gasteiger partial charge in [0, 0.05) is 28.1 Å². The Labute approximate surface area is 200 Å². The van der Waals surface area contributed by atoms with Crippen molar-refractivity contribution in [3.05, 3.63) is 60.8 Å². The Kier molecular flexibility index (Phi) is 4.15. The molecule has 0 aliphatic carbocycles. The lowest BCUT2D eigenvalue weighted by atomic mass is 10.1. The van der Waals surface area contributed by atoms with Gasteiger partial charge in [0.05, 0.1) is 40.0 Å². The van der Waals surface area contributed by atoms with E-state index in [0.717, 1.165) is 14.9 Å². The Balaban J connectivity index is 1.78. The molecule has 6 heterocycles. The van der Waals surface area contributed by atoms with E-state index < -0.39 is 5.82 Å². The summed E-state index contributed by atoms with van der Waals surface area (Å²) >= 11 is 1.48. The molecule has 0 spiro atoms. The molecule has 7 rings (SSSR count). The van der Waals surface area contributed by atoms with Crippen molar-refractivity contribution in [3.8, 4) is 11.3 Å². The van der Waals surface area contributed by atoms with E-state index in [4.69, 9.17) is 4.98 Å². The van der Waals surface area contributed by atoms with E-state index in [1.165, 1.54) is 11.3 Å². The number of pyridine rings is 2. The molecule has 0 unspecified atom stereocenters. The van der Waals surface area contributed by atoms with Gasteiger partial charge in [-0.15, -0.1) is 11.3 Å². The lowest BCUT2D eigenvalue weighted by Crippen LogP contribution is -2.09. The van der Waals surface area contributed by atoms with Crippen molar-refractivity contribution in [2.75, 3.05) is 0 Å². The van der Waals surface area contributed by atoms with Crippen LogP contribution in [0.2, 0.25) is 0 Å². The molecule has 2 aliphatic heterocycles. The smallest absolute Gasteiger partial charge is 0.231 e. The van der Waals surface area contributed by atoms with Crippen molar-refractivity contribution >= 4 is 70.8 Å². The summed E-state index contributed by atoms with van der Waals surface area (Å²) in [7, 11) is 0. The number of aromatic amines is 2. The molecule has 0 radical (unpaired) electrons. The number of hydrogen-bond acceptors (Lipinski definition) is 6. The Bertz CT molecular complexity index is 2000. The SMILES string of the molecule is CCC(=O)n1c2cncc(c2)c2ncc3[nH][nH]c(c4nc5cccc(c6ccc1s6)c5n4)-c3c2F. The maximum absolute atomic E-state index is 16.0. The molecule has 5 aromatic rings. The molecular formula is C25H16FN7OS. The van der Waals surface area contributed by atoms with Crippen LogP contribution in [0.15, 0.2) is 55.0 Å². The molecule has 170 valence electrons. The maximum Gasteiger partial charge on any atom is 0.231 e. The zero-order valence-corrected chi connectivity index (χ0v) is 19.2. The molecule has 2 N–H and O–H groups in total. The van der Waals surface area contributed by atoms with Gasteiger partial charge in [0.15, 0.2) is 11.5 Å². The first-order valence-corrected chi connectivity index (χ1v) is 11.8. The second-order valence-corrected chi connectivity index (χ2v) is 9.27. The van der Waals surface area contributed by atoms with Crippen molar-refractivity contribution in [3.63, 3.8) is 0 Å². The summed E-state index contributed by atoms with van der Waals surface area (Å²) in [5, 5.41) is 7.35. The van der Waals surface area contributed by atoms with Crippen LogP contribution in [0.5, 0.6) is 0 Å². The molecule has 10 heteroatoms. The van der Waals surface area contributed by atoms with Crippen LogP contribution in [0, 0.1) is 5.82 Å². The summed E-state index contributed by atoms with van der Waals surface area (Å²) in [6, 6.07) is 11.4. The minimum Gasteiger partial charge on any atom is -0.298 e. The fourth-order valence-corrected chi connectivity index (χ4v) is 5.58. The largest absolute Gasteiger partial charge is 0.298 e. The molecule has 0 saturated carbocycles. The number of para-hydroxylation sites is 1. The Morgan fingerprint density at radius 3 is 2.89 bits per heavy atom. The van der Waals surface area contributed by atoms with Crippen LogP contribution in [0.1, 0.15) is 18.1 Å². The highest BCUT2D eigenvalue weighted by atomic mass is 32.1. The van der Waals surface area contributed by atoms with Crippen LogP contribution in [-0.4, -0.2) is 40.6 Å². The lowest BCUT2D eigenvalue weighted by molar-refractivity contribution is 0.0918. The van der Waals surface area contributed by atoms with E-state index in [1.807, 2.05) is 37.3 Å². The number of nitrogens with one attached hydrogen (secondary N) is 2. The highest BCUT2D eigenvalue weighted by molar-refractivity contribution is 7.24. The number of halogens is 1. The van der Waals surface area contributed by atoms with Gasteiger partial charge in [0.2, 0.25) is 5.91 Å². The van der Waals surface area contributed by atoms with Crippen LogP contribution in [0.25, 0.3) is 64.8 Å². The standard InChI is InChI=1S/C25H16FN7OS/c1-2-18(34)33-13-8-12(9-27-10-13)22-21(26)20-16(11-28-22)31-32-24(20)25-29-15-5-3-4-14(23(15)30-25)17-6-7-19(33)35-17/h3-11,31-32H,2H2,1H3. The number of rotatable bonds is 1. The van der Waals surface area contributed by atoms with Gasteiger partial charge in [-0.25, -0.2) is 14.4 Å². The van der Waals surface area contributed by atoms with Crippen molar-refractivity contribution in [1.29, 1.82) is 0 Å². The third-order valence-corrected chi connectivity index (χ3v) is 7.26. The van der Waals surface area contributed by atoms with Gasteiger partial charge in [0.25, 0.3) is 0 Å². The van der Waals surface area contributed by atoms with E-state index >= 15 is 4.39 Å². The van der Waals surface area contributed by atoms with Crippen molar-refractivity contribution in [1.82, 2.24) is 34.7 Å². The quantitative estimate of drug-likeness (QED) is 0.301. The molecule has 1 aromatic carbocycles. The van der Waals surface area contributed by atoms with Crippen molar-refractivity contribution < 1.29 is 9.18 Å². The van der Waals surface area contributed by atoms with Gasteiger partial charge in [-0.05, 0) is 24.3 Å². The molecule has 0 fully saturated rings. The van der Waals surface area contributed by atoms with E-state index in [0.29, 0.717) is 50.8 Å². The number of carbonyl (C=O) groups excluding carboxylic acids is 1. The maximum atomic E-state index is 16.0. The van der Waals surface area contributed by atoms with E-state index in [1.54, 1.807) is 29.2 Å². The molecular weight excluding hydrogens is 465 g/mol. The predicted octanol–water partition coefficient (Wildman–Crippen LogP) is 5.97. The Hall–Kier alpha value is -4.44. The minimum absolute atomic E-state index is 0.0957. The molecule has 8 bridgehead atoms. The highest BCUT2D eigenvalue weighted by Crippen LogP contribution is 2.34. The number of nitrogens with zero attached hydrogens (tertiary/aromatic N) is 5. The van der Waals surface area contributed by atoms with Crippen LogP contribution >= 0.6 is 11.3 Å². The molecule has 4 aromatic heterocycles. The summed E-state index contributed by atoms with van der Waals surface area (Å²) < 4.78 is 18.5. The first kappa shape index (κ1) is 20.0. The highest BCUT2D eigenvalue weighted by Gasteiger charge is 2.20. The van der Waals surface area contributed by atoms with Crippen LogP contribution in [-0.2, 0) is 0 Å². The fraction of sp³-hybridized carbons (Fsp3) is 0.0800. The number of carbonyl (C=O) groups is 1. The average Bonchev–Trinajstić information content (AvgIpc) is 3.62. The van der Waals surface area contributed by atoms with Crippen molar-refractivity contribution in [2.24, 2.45) is 0 Å². The zero-order valence-electron chi connectivity index (χ0n) is 18.3. The number of fused-ring (bicyclic) bond motifs is 9. The van der Waals surface area contributed by atoms with Crippen LogP contribution < -0.4 is 0 Å². The summed E-state index contributed by atoms with van der Waals surface area (Å²) in [5.74, 6) is -0.620. The number of thiophene rings is 1.